The van der Waals surface area contributed by atoms with Gasteiger partial charge in [0.25, 0.3) is 30.4 Å². The molecule has 0 aliphatic heterocycles. The first-order chi connectivity index (χ1) is 37.1. The van der Waals surface area contributed by atoms with E-state index in [1.165, 1.54) is 48.5 Å². The zero-order chi connectivity index (χ0) is 57.3. The number of phenolic OH excluding ortho intramolecular Hbond substituents is 1. The molecule has 0 aliphatic rings. The van der Waals surface area contributed by atoms with Gasteiger partial charge in [0.1, 0.15) is 44.2 Å². The molecule has 8 N–H and O–H groups in total. The molecule has 0 saturated heterocycles. The SMILES string of the molecule is Nc1c(N=Nc2ccc(Cc3nc(Cl)nc(Nc4cccc(S(=O)(=O)O)c4)n3)cc2S(=O)[O-])c(S(=O)(=O)O)cc2cc(S(=O)[O-])c(N=Nc3ccc(Cc4nc(Cl)nc(Nc5cccc(S(=O)[O-])c5)n4)cc3S(=O)(=O)O)c(O)c12. The lowest BCUT2D eigenvalue weighted by Gasteiger charge is -2.16. The molecule has 2 heterocycles. The highest BCUT2D eigenvalue weighted by Crippen LogP contribution is 2.48. The number of anilines is 5. The van der Waals surface area contributed by atoms with E-state index in [0.717, 1.165) is 42.5 Å². The number of nitrogens with two attached hydrogens (primary N) is 1. The Labute approximate surface area is 461 Å². The number of aromatic nitrogens is 6. The number of hydrogen-bond acceptors (Lipinski definition) is 26. The van der Waals surface area contributed by atoms with Crippen molar-refractivity contribution in [3.05, 3.63) is 130 Å². The first-order valence-corrected chi connectivity index (χ1v) is 29.4. The van der Waals surface area contributed by atoms with Crippen molar-refractivity contribution in [3.63, 3.8) is 0 Å². The lowest BCUT2D eigenvalue weighted by Crippen LogP contribution is -2.06. The summed E-state index contributed by atoms with van der Waals surface area (Å²) >= 11 is 3.24. The lowest BCUT2D eigenvalue weighted by atomic mass is 10.1. The maximum atomic E-state index is 12.8. The standard InChI is InChI=1S/C42H31Cl2N13O16S6/c43-39-48-32(50-42(53-39)47-23-4-2-6-25(18-23)77(65,66)67)13-19-7-9-26(28(11-19)75(61)62)54-57-37-31(79(71,72)73)16-21-15-29(76(63)64)36(38(58)34(21)35(37)45)56-55-27-10-8-20(12-30(27)78(68,69)70)14-33-49-40(44)52-41(51-33)46-22-3-1-5-24(17-22)74(59)60/h1-12,15-18,58H,13-14,45H2,(H,59,60)(H,61,62)(H,63,64)(H,65,66,67)(H,68,69,70)(H,71,72,73)(H,46,49,51,52)(H,47,48,50,53)/p-3. The summed E-state index contributed by atoms with van der Waals surface area (Å²) in [5.41, 5.74) is 3.39. The van der Waals surface area contributed by atoms with Crippen molar-refractivity contribution in [2.24, 2.45) is 20.5 Å². The molecule has 0 bridgehead atoms. The van der Waals surface area contributed by atoms with Gasteiger partial charge in [-0.2, -0.15) is 45.2 Å². The summed E-state index contributed by atoms with van der Waals surface area (Å²) in [6.45, 7) is 0. The van der Waals surface area contributed by atoms with Crippen LogP contribution in [0.3, 0.4) is 0 Å². The fourth-order valence-electron chi connectivity index (χ4n) is 7.17. The van der Waals surface area contributed by atoms with E-state index in [-0.39, 0.29) is 74.4 Å². The highest BCUT2D eigenvalue weighted by molar-refractivity contribution is 7.86. The van der Waals surface area contributed by atoms with Gasteiger partial charge in [0.2, 0.25) is 22.5 Å². The van der Waals surface area contributed by atoms with Gasteiger partial charge in [0.15, 0.2) is 5.75 Å². The number of aromatic hydroxyl groups is 1. The predicted molar refractivity (Wildman–Crippen MR) is 277 cm³/mol. The summed E-state index contributed by atoms with van der Waals surface area (Å²) < 4.78 is 177. The molecule has 410 valence electrons. The summed E-state index contributed by atoms with van der Waals surface area (Å²) in [7, 11) is -15.1. The molecule has 3 atom stereocenters. The second-order valence-corrected chi connectivity index (χ2v) is 23.4. The van der Waals surface area contributed by atoms with E-state index in [1.54, 1.807) is 0 Å². The molecule has 3 unspecified atom stereocenters. The van der Waals surface area contributed by atoms with E-state index in [2.05, 4.69) is 61.0 Å². The maximum absolute atomic E-state index is 12.8. The third-order valence-electron chi connectivity index (χ3n) is 10.5. The Morgan fingerprint density at radius 1 is 0.557 bits per heavy atom. The number of benzene rings is 6. The normalized spacial score (nSPS) is 13.5. The third-order valence-corrected chi connectivity index (χ3v) is 15.4. The second-order valence-electron chi connectivity index (χ2n) is 15.8. The van der Waals surface area contributed by atoms with Crippen LogP contribution >= 0.6 is 23.2 Å². The van der Waals surface area contributed by atoms with Gasteiger partial charge < -0.3 is 35.1 Å². The monoisotopic (exact) mass is 1230 g/mol. The van der Waals surface area contributed by atoms with E-state index < -0.39 is 133 Å². The number of hydrogen-bond donors (Lipinski definition) is 7. The Morgan fingerprint density at radius 3 is 1.65 bits per heavy atom. The molecule has 0 amide bonds. The molecule has 37 heteroatoms. The minimum atomic E-state index is -5.35. The first-order valence-electron chi connectivity index (χ1n) is 21.1. The van der Waals surface area contributed by atoms with Crippen molar-refractivity contribution >= 4 is 149 Å². The molecule has 6 aromatic carbocycles. The predicted octanol–water partition coefficient (Wildman–Crippen LogP) is 6.76. The van der Waals surface area contributed by atoms with Gasteiger partial charge in [-0.1, -0.05) is 24.3 Å². The average molecular weight is 1230 g/mol. The average Bonchev–Trinajstić information content (AvgIpc) is 3.45. The fourth-order valence-corrected chi connectivity index (χ4v) is 10.9. The molecular weight excluding hydrogens is 1210 g/mol. The van der Waals surface area contributed by atoms with E-state index in [9.17, 15) is 70.3 Å². The highest BCUT2D eigenvalue weighted by Gasteiger charge is 2.26. The van der Waals surface area contributed by atoms with Gasteiger partial charge in [-0.25, -0.2) is 9.97 Å². The molecule has 8 rings (SSSR count). The number of phenols is 1. The Kier molecular flexibility index (Phi) is 16.9. The van der Waals surface area contributed by atoms with Crippen molar-refractivity contribution in [3.8, 4) is 5.75 Å². The summed E-state index contributed by atoms with van der Waals surface area (Å²) in [6.07, 6.45) is -0.474. The number of nitrogens with one attached hydrogen (secondary N) is 2. The number of azo groups is 2. The van der Waals surface area contributed by atoms with Crippen LogP contribution in [0.4, 0.5) is 51.7 Å². The van der Waals surface area contributed by atoms with Crippen molar-refractivity contribution in [2.75, 3.05) is 16.4 Å². The largest absolute Gasteiger partial charge is 0.768 e. The Balaban J connectivity index is 1.11. The molecule has 0 saturated carbocycles. The number of halogens is 2. The van der Waals surface area contributed by atoms with E-state index in [1.807, 2.05) is 0 Å². The van der Waals surface area contributed by atoms with Crippen LogP contribution < -0.4 is 16.4 Å². The van der Waals surface area contributed by atoms with Crippen LogP contribution in [0.15, 0.2) is 147 Å². The molecule has 0 spiro atoms. The number of fused-ring (bicyclic) bond motifs is 1. The first kappa shape index (κ1) is 57.8. The van der Waals surface area contributed by atoms with Crippen molar-refractivity contribution < 1.29 is 70.3 Å². The maximum Gasteiger partial charge on any atom is 0.296 e. The molecule has 0 fully saturated rings. The lowest BCUT2D eigenvalue weighted by molar-refractivity contribution is 0.479. The zero-order valence-corrected chi connectivity index (χ0v) is 45.0. The van der Waals surface area contributed by atoms with Crippen LogP contribution in [0.1, 0.15) is 22.8 Å². The zero-order valence-electron chi connectivity index (χ0n) is 38.6. The quantitative estimate of drug-likeness (QED) is 0.0202. The van der Waals surface area contributed by atoms with Crippen molar-refractivity contribution in [1.29, 1.82) is 0 Å². The fraction of sp³-hybridized carbons (Fsp3) is 0.0476. The Morgan fingerprint density at radius 2 is 1.09 bits per heavy atom. The second kappa shape index (κ2) is 23.2. The van der Waals surface area contributed by atoms with Crippen molar-refractivity contribution in [2.45, 2.75) is 42.2 Å². The molecule has 79 heavy (non-hydrogen) atoms. The molecule has 8 aromatic rings. The molecular formula is C42H28Cl2N13O16S6-3. The van der Waals surface area contributed by atoms with Crippen LogP contribution in [0.2, 0.25) is 10.6 Å². The number of rotatable bonds is 18. The summed E-state index contributed by atoms with van der Waals surface area (Å²) in [5, 5.41) is 30.7. The van der Waals surface area contributed by atoms with Gasteiger partial charge in [-0.15, -0.1) is 20.5 Å². The van der Waals surface area contributed by atoms with Crippen LogP contribution in [0.5, 0.6) is 5.75 Å². The smallest absolute Gasteiger partial charge is 0.296 e. The molecule has 0 radical (unpaired) electrons. The van der Waals surface area contributed by atoms with Gasteiger partial charge in [-0.05, 0) is 146 Å². The van der Waals surface area contributed by atoms with Crippen molar-refractivity contribution in [1.82, 2.24) is 29.9 Å². The van der Waals surface area contributed by atoms with E-state index in [0.29, 0.717) is 6.07 Å². The van der Waals surface area contributed by atoms with E-state index >= 15 is 0 Å². The third kappa shape index (κ3) is 13.9. The van der Waals surface area contributed by atoms with Crippen LogP contribution in [0.25, 0.3) is 10.8 Å². The minimum absolute atomic E-state index is 0.0285. The Hall–Kier alpha value is -7.36. The van der Waals surface area contributed by atoms with Gasteiger partial charge in [0.05, 0.1) is 25.8 Å². The van der Waals surface area contributed by atoms with E-state index in [4.69, 9.17) is 28.9 Å². The van der Waals surface area contributed by atoms with Crippen LogP contribution in [-0.2, 0) is 76.4 Å². The highest BCUT2D eigenvalue weighted by atomic mass is 35.5. The summed E-state index contributed by atoms with van der Waals surface area (Å²) in [4.78, 5) is 20.5. The topological polar surface area (TPSA) is 481 Å². The van der Waals surface area contributed by atoms with Gasteiger partial charge in [-0.3, -0.25) is 26.3 Å². The van der Waals surface area contributed by atoms with Gasteiger partial charge in [0, 0.05) is 29.1 Å². The summed E-state index contributed by atoms with van der Waals surface area (Å²) in [5.74, 6) is -1.50. The number of nitrogens with zero attached hydrogens (tertiary/aromatic N) is 10. The Bertz CT molecular complexity index is 4320. The summed E-state index contributed by atoms with van der Waals surface area (Å²) in [6, 6.07) is 18.8. The van der Waals surface area contributed by atoms with Crippen LogP contribution in [0, 0.1) is 0 Å². The number of nitrogen functional groups attached to an aromatic ring is 1. The molecule has 0 aliphatic carbocycles. The minimum Gasteiger partial charge on any atom is -0.768 e. The molecule has 2 aromatic heterocycles. The molecule has 29 nitrogen and oxygen atoms in total. The van der Waals surface area contributed by atoms with Gasteiger partial charge >= 0.3 is 0 Å². The van der Waals surface area contributed by atoms with Crippen LogP contribution in [-0.4, -0.2) is 100 Å².